The van der Waals surface area contributed by atoms with Crippen LogP contribution in [0.5, 0.6) is 0 Å². The van der Waals surface area contributed by atoms with E-state index < -0.39 is 0 Å². The number of rotatable bonds is 2. The first-order valence-corrected chi connectivity index (χ1v) is 6.95. The molecule has 7 heteroatoms. The molecule has 0 bridgehead atoms. The lowest BCUT2D eigenvalue weighted by Gasteiger charge is -2.17. The SMILES string of the molecule is CC(C)c1c(-c2cnn(C)c2)n(C)c2c(C#N)cnn2c1=O. The van der Waals surface area contributed by atoms with Crippen molar-refractivity contribution in [3.8, 4) is 17.3 Å². The Bertz CT molecular complexity index is 966. The summed E-state index contributed by atoms with van der Waals surface area (Å²) in [5.74, 6) is 0.0213. The summed E-state index contributed by atoms with van der Waals surface area (Å²) in [7, 11) is 3.67. The minimum Gasteiger partial charge on any atom is -0.327 e. The standard InChI is InChI=1S/C15H16N6O/c1-9(2)12-13(11-7-17-19(3)8-11)20(4)14-10(5-16)6-18-21(14)15(12)22/h6-9H,1-4H3. The van der Waals surface area contributed by atoms with Crippen molar-refractivity contribution >= 4 is 5.65 Å². The zero-order chi connectivity index (χ0) is 16.0. The predicted octanol–water partition coefficient (Wildman–Crippen LogP) is 1.43. The van der Waals surface area contributed by atoms with Gasteiger partial charge in [0.2, 0.25) is 0 Å². The topological polar surface area (TPSA) is 80.9 Å². The van der Waals surface area contributed by atoms with Gasteiger partial charge in [0.1, 0.15) is 11.6 Å². The maximum absolute atomic E-state index is 12.8. The molecule has 0 aromatic carbocycles. The third-order valence-electron chi connectivity index (χ3n) is 3.75. The van der Waals surface area contributed by atoms with E-state index in [9.17, 15) is 10.1 Å². The van der Waals surface area contributed by atoms with E-state index in [0.29, 0.717) is 16.8 Å². The predicted molar refractivity (Wildman–Crippen MR) is 81.4 cm³/mol. The molecule has 0 N–H and O–H groups in total. The molecule has 112 valence electrons. The Morgan fingerprint density at radius 1 is 1.23 bits per heavy atom. The van der Waals surface area contributed by atoms with E-state index in [1.54, 1.807) is 10.9 Å². The summed E-state index contributed by atoms with van der Waals surface area (Å²) < 4.78 is 4.84. The largest absolute Gasteiger partial charge is 0.327 e. The second kappa shape index (κ2) is 4.84. The van der Waals surface area contributed by atoms with Crippen LogP contribution in [0.2, 0.25) is 0 Å². The number of hydrogen-bond donors (Lipinski definition) is 0. The first-order chi connectivity index (χ1) is 10.5. The average Bonchev–Trinajstić information content (AvgIpc) is 3.08. The van der Waals surface area contributed by atoms with Gasteiger partial charge in [-0.2, -0.15) is 20.0 Å². The Morgan fingerprint density at radius 3 is 2.50 bits per heavy atom. The van der Waals surface area contributed by atoms with Gasteiger partial charge in [-0.1, -0.05) is 13.8 Å². The van der Waals surface area contributed by atoms with Crippen molar-refractivity contribution in [2.75, 3.05) is 0 Å². The Hall–Kier alpha value is -2.88. The lowest BCUT2D eigenvalue weighted by molar-refractivity contribution is 0.756. The van der Waals surface area contributed by atoms with Crippen molar-refractivity contribution in [3.05, 3.63) is 40.1 Å². The summed E-state index contributed by atoms with van der Waals surface area (Å²) in [6, 6.07) is 2.09. The van der Waals surface area contributed by atoms with Gasteiger partial charge in [0.25, 0.3) is 5.56 Å². The van der Waals surface area contributed by atoms with Crippen molar-refractivity contribution in [1.29, 1.82) is 5.26 Å². The molecule has 0 aliphatic heterocycles. The van der Waals surface area contributed by atoms with Crippen molar-refractivity contribution in [3.63, 3.8) is 0 Å². The Morgan fingerprint density at radius 2 is 1.95 bits per heavy atom. The fraction of sp³-hybridized carbons (Fsp3) is 0.333. The third-order valence-corrected chi connectivity index (χ3v) is 3.75. The summed E-state index contributed by atoms with van der Waals surface area (Å²) in [5, 5.41) is 17.5. The van der Waals surface area contributed by atoms with E-state index >= 15 is 0 Å². The molecule has 0 saturated heterocycles. The maximum atomic E-state index is 12.8. The van der Waals surface area contributed by atoms with E-state index in [-0.39, 0.29) is 11.5 Å². The highest BCUT2D eigenvalue weighted by atomic mass is 16.1. The molecule has 3 aromatic rings. The van der Waals surface area contributed by atoms with Crippen molar-refractivity contribution < 1.29 is 0 Å². The van der Waals surface area contributed by atoms with Gasteiger partial charge in [0.15, 0.2) is 5.65 Å². The number of aryl methyl sites for hydroxylation is 2. The number of nitriles is 1. The molecule has 0 aliphatic carbocycles. The van der Waals surface area contributed by atoms with Crippen molar-refractivity contribution in [2.45, 2.75) is 19.8 Å². The molecular formula is C15H16N6O. The number of nitrogens with zero attached hydrogens (tertiary/aromatic N) is 6. The number of hydrogen-bond acceptors (Lipinski definition) is 4. The van der Waals surface area contributed by atoms with Crippen molar-refractivity contribution in [1.82, 2.24) is 24.0 Å². The molecule has 0 aliphatic rings. The van der Waals surface area contributed by atoms with E-state index in [1.807, 2.05) is 38.7 Å². The van der Waals surface area contributed by atoms with Gasteiger partial charge in [-0.25, -0.2) is 0 Å². The van der Waals surface area contributed by atoms with Crippen LogP contribution in [0, 0.1) is 11.3 Å². The van der Waals surface area contributed by atoms with Gasteiger partial charge in [-0.05, 0) is 5.92 Å². The highest BCUT2D eigenvalue weighted by Crippen LogP contribution is 2.27. The van der Waals surface area contributed by atoms with Gasteiger partial charge in [0, 0.05) is 31.4 Å². The highest BCUT2D eigenvalue weighted by Gasteiger charge is 2.22. The average molecular weight is 296 g/mol. The molecule has 3 aromatic heterocycles. The molecule has 22 heavy (non-hydrogen) atoms. The smallest absolute Gasteiger partial charge is 0.278 e. The summed E-state index contributed by atoms with van der Waals surface area (Å²) >= 11 is 0. The fourth-order valence-corrected chi connectivity index (χ4v) is 2.81. The van der Waals surface area contributed by atoms with Gasteiger partial charge < -0.3 is 4.57 Å². The Labute approximate surface area is 127 Å². The first kappa shape index (κ1) is 14.1. The zero-order valence-corrected chi connectivity index (χ0v) is 12.9. The molecule has 7 nitrogen and oxygen atoms in total. The van der Waals surface area contributed by atoms with Crippen LogP contribution in [-0.2, 0) is 14.1 Å². The molecule has 0 atom stereocenters. The van der Waals surface area contributed by atoms with Crippen LogP contribution in [0.1, 0.15) is 30.9 Å². The van der Waals surface area contributed by atoms with Crippen LogP contribution in [0.4, 0.5) is 0 Å². The minimum absolute atomic E-state index is 0.0213. The Kier molecular flexibility index (Phi) is 3.10. The van der Waals surface area contributed by atoms with Crippen LogP contribution in [0.3, 0.4) is 0 Å². The maximum Gasteiger partial charge on any atom is 0.278 e. The van der Waals surface area contributed by atoms with Crippen LogP contribution in [0.25, 0.3) is 16.9 Å². The zero-order valence-electron chi connectivity index (χ0n) is 12.9. The highest BCUT2D eigenvalue weighted by molar-refractivity contribution is 5.68. The normalized spacial score (nSPS) is 11.3. The summed E-state index contributed by atoms with van der Waals surface area (Å²) in [5.41, 5.74) is 2.96. The molecule has 0 spiro atoms. The molecule has 3 rings (SSSR count). The monoisotopic (exact) mass is 296 g/mol. The fourth-order valence-electron chi connectivity index (χ4n) is 2.81. The number of fused-ring (bicyclic) bond motifs is 1. The molecule has 0 fully saturated rings. The third kappa shape index (κ3) is 1.84. The minimum atomic E-state index is -0.191. The molecule has 0 saturated carbocycles. The van der Waals surface area contributed by atoms with Gasteiger partial charge in [0.05, 0.1) is 18.1 Å². The van der Waals surface area contributed by atoms with Crippen LogP contribution in [-0.4, -0.2) is 24.0 Å². The van der Waals surface area contributed by atoms with E-state index in [4.69, 9.17) is 0 Å². The second-order valence-electron chi connectivity index (χ2n) is 5.59. The summed E-state index contributed by atoms with van der Waals surface area (Å²) in [6.07, 6.45) is 5.01. The molecular weight excluding hydrogens is 280 g/mol. The van der Waals surface area contributed by atoms with E-state index in [2.05, 4.69) is 16.3 Å². The van der Waals surface area contributed by atoms with Crippen LogP contribution in [0.15, 0.2) is 23.4 Å². The van der Waals surface area contributed by atoms with Gasteiger partial charge >= 0.3 is 0 Å². The lowest BCUT2D eigenvalue weighted by atomic mass is 9.99. The number of aromatic nitrogens is 5. The van der Waals surface area contributed by atoms with Crippen molar-refractivity contribution in [2.24, 2.45) is 14.1 Å². The van der Waals surface area contributed by atoms with Crippen LogP contribution >= 0.6 is 0 Å². The van der Waals surface area contributed by atoms with Crippen LogP contribution < -0.4 is 5.56 Å². The Balaban J connectivity index is 2.53. The van der Waals surface area contributed by atoms with Gasteiger partial charge in [-0.3, -0.25) is 9.48 Å². The quantitative estimate of drug-likeness (QED) is 0.716. The summed E-state index contributed by atoms with van der Waals surface area (Å²) in [6.45, 7) is 3.94. The first-order valence-electron chi connectivity index (χ1n) is 6.95. The second-order valence-corrected chi connectivity index (χ2v) is 5.59. The lowest BCUT2D eigenvalue weighted by Crippen LogP contribution is -2.25. The molecule has 0 amide bonds. The summed E-state index contributed by atoms with van der Waals surface area (Å²) in [4.78, 5) is 12.8. The van der Waals surface area contributed by atoms with E-state index in [0.717, 1.165) is 11.3 Å². The molecule has 0 radical (unpaired) electrons. The van der Waals surface area contributed by atoms with E-state index in [1.165, 1.54) is 10.7 Å². The molecule has 0 unspecified atom stereocenters. The molecule has 3 heterocycles. The van der Waals surface area contributed by atoms with Gasteiger partial charge in [-0.15, -0.1) is 0 Å².